The predicted molar refractivity (Wildman–Crippen MR) is 98.9 cm³/mol. The van der Waals surface area contributed by atoms with E-state index < -0.39 is 45.1 Å². The van der Waals surface area contributed by atoms with Crippen LogP contribution in [-0.4, -0.2) is 41.9 Å². The van der Waals surface area contributed by atoms with Gasteiger partial charge in [0.1, 0.15) is 0 Å². The van der Waals surface area contributed by atoms with Crippen LogP contribution in [0.15, 0.2) is 48.5 Å². The lowest BCUT2D eigenvalue weighted by atomic mass is 10.1. The minimum atomic E-state index is -5.87. The molecule has 160 valence electrons. The summed E-state index contributed by atoms with van der Waals surface area (Å²) in [5.41, 5.74) is -6.46. The van der Waals surface area contributed by atoms with Gasteiger partial charge in [0.05, 0.1) is 17.2 Å². The molecule has 0 saturated heterocycles. The number of nitrogens with one attached hydrogen (secondary N) is 1. The molecule has 0 heterocycles. The largest absolute Gasteiger partial charge is 0.511 e. The van der Waals surface area contributed by atoms with E-state index in [1.165, 1.54) is 24.3 Å². The molecular weight excluding hydrogens is 431 g/mol. The second-order valence-electron chi connectivity index (χ2n) is 5.90. The van der Waals surface area contributed by atoms with Crippen molar-refractivity contribution >= 4 is 33.6 Å². The molecule has 30 heavy (non-hydrogen) atoms. The summed E-state index contributed by atoms with van der Waals surface area (Å²) in [6.07, 6.45) is 0.271. The fraction of sp³-hybridized carbons (Fsp3) is 0.176. The van der Waals surface area contributed by atoms with E-state index in [9.17, 15) is 41.3 Å². The van der Waals surface area contributed by atoms with E-state index in [0.29, 0.717) is 0 Å². The molecule has 0 aliphatic carbocycles. The first-order valence-corrected chi connectivity index (χ1v) is 9.53. The predicted octanol–water partition coefficient (Wildman–Crippen LogP) is 2.70. The second kappa shape index (κ2) is 9.00. The first kappa shape index (κ1) is 23.0. The van der Waals surface area contributed by atoms with Crippen LogP contribution in [0.4, 0.5) is 24.5 Å². The number of nitro groups is 1. The van der Waals surface area contributed by atoms with Crippen molar-refractivity contribution in [3.8, 4) is 0 Å². The molecule has 0 saturated carbocycles. The van der Waals surface area contributed by atoms with Crippen LogP contribution in [0.25, 0.3) is 0 Å². The zero-order valence-electron chi connectivity index (χ0n) is 15.0. The van der Waals surface area contributed by atoms with Crippen molar-refractivity contribution in [1.82, 2.24) is 4.31 Å². The normalized spacial score (nSPS) is 11.9. The number of alkyl halides is 3. The number of hydrogen-bond donors (Lipinski definition) is 1. The summed E-state index contributed by atoms with van der Waals surface area (Å²) in [6.45, 7) is -1.98. The van der Waals surface area contributed by atoms with Crippen LogP contribution < -0.4 is 5.32 Å². The van der Waals surface area contributed by atoms with Gasteiger partial charge in [0, 0.05) is 24.2 Å². The third kappa shape index (κ3) is 5.39. The standard InChI is InChI=1S/C17H14F3N3O6S/c18-17(19,20)30(28,29)22(9-12-4-2-1-3-5-12)10-16(25)21-15-8-14(23(26)27)7-6-13(15)11-24/h1-8,11H,9-10H2,(H,21,25). The molecule has 9 nitrogen and oxygen atoms in total. The van der Waals surface area contributed by atoms with Crippen LogP contribution in [-0.2, 0) is 21.4 Å². The monoisotopic (exact) mass is 445 g/mol. The zero-order chi connectivity index (χ0) is 22.5. The molecule has 0 atom stereocenters. The molecule has 0 unspecified atom stereocenters. The van der Waals surface area contributed by atoms with E-state index in [4.69, 9.17) is 0 Å². The van der Waals surface area contributed by atoms with Crippen LogP contribution in [0.2, 0.25) is 0 Å². The third-order valence-corrected chi connectivity index (χ3v) is 5.33. The maximum Gasteiger partial charge on any atom is 0.511 e. The summed E-state index contributed by atoms with van der Waals surface area (Å²) in [5.74, 6) is -1.22. The maximum atomic E-state index is 13.0. The van der Waals surface area contributed by atoms with Gasteiger partial charge in [0.25, 0.3) is 5.69 Å². The molecule has 0 radical (unpaired) electrons. The third-order valence-electron chi connectivity index (χ3n) is 3.80. The lowest BCUT2D eigenvalue weighted by Crippen LogP contribution is -2.44. The molecular formula is C17H14F3N3O6S. The molecule has 13 heteroatoms. The summed E-state index contributed by atoms with van der Waals surface area (Å²) in [4.78, 5) is 33.4. The number of hydrogen-bond acceptors (Lipinski definition) is 6. The van der Waals surface area contributed by atoms with Crippen molar-refractivity contribution in [3.63, 3.8) is 0 Å². The number of amides is 1. The van der Waals surface area contributed by atoms with E-state index in [0.717, 1.165) is 18.2 Å². The van der Waals surface area contributed by atoms with Gasteiger partial charge in [-0.25, -0.2) is 8.42 Å². The van der Waals surface area contributed by atoms with E-state index >= 15 is 0 Å². The Kier molecular flexibility index (Phi) is 6.89. The van der Waals surface area contributed by atoms with Crippen LogP contribution in [0.1, 0.15) is 15.9 Å². The van der Waals surface area contributed by atoms with Gasteiger partial charge in [-0.3, -0.25) is 19.7 Å². The SMILES string of the molecule is O=Cc1ccc([N+](=O)[O-])cc1NC(=O)CN(Cc1ccccc1)S(=O)(=O)C(F)(F)F. The van der Waals surface area contributed by atoms with E-state index in [1.54, 1.807) is 6.07 Å². The summed E-state index contributed by atoms with van der Waals surface area (Å²) >= 11 is 0. The van der Waals surface area contributed by atoms with Gasteiger partial charge in [-0.05, 0) is 11.6 Å². The van der Waals surface area contributed by atoms with Gasteiger partial charge in [-0.15, -0.1) is 0 Å². The highest BCUT2D eigenvalue weighted by Gasteiger charge is 2.50. The Morgan fingerprint density at radius 2 is 1.80 bits per heavy atom. The van der Waals surface area contributed by atoms with Crippen molar-refractivity contribution in [1.29, 1.82) is 0 Å². The number of sulfonamides is 1. The first-order chi connectivity index (χ1) is 14.0. The summed E-state index contributed by atoms with van der Waals surface area (Å²) in [7, 11) is -5.87. The fourth-order valence-corrected chi connectivity index (χ4v) is 3.28. The number of anilines is 1. The molecule has 0 aliphatic heterocycles. The van der Waals surface area contributed by atoms with Gasteiger partial charge >= 0.3 is 15.5 Å². The van der Waals surface area contributed by atoms with E-state index in [2.05, 4.69) is 0 Å². The lowest BCUT2D eigenvalue weighted by Gasteiger charge is -2.23. The highest BCUT2D eigenvalue weighted by atomic mass is 32.2. The molecule has 2 aromatic rings. The Labute approximate surface area is 168 Å². The minimum absolute atomic E-state index is 0.0738. The minimum Gasteiger partial charge on any atom is -0.324 e. The summed E-state index contributed by atoms with van der Waals surface area (Å²) in [6, 6.07) is 10.2. The number of aldehydes is 1. The summed E-state index contributed by atoms with van der Waals surface area (Å²) in [5, 5.41) is 12.9. The van der Waals surface area contributed by atoms with Gasteiger partial charge in [0.2, 0.25) is 5.91 Å². The van der Waals surface area contributed by atoms with Crippen molar-refractivity contribution in [2.24, 2.45) is 0 Å². The highest BCUT2D eigenvalue weighted by Crippen LogP contribution is 2.28. The van der Waals surface area contributed by atoms with Crippen molar-refractivity contribution in [2.45, 2.75) is 12.1 Å². The number of carbonyl (C=O) groups excluding carboxylic acids is 2. The molecule has 0 bridgehead atoms. The van der Waals surface area contributed by atoms with E-state index in [-0.39, 0.29) is 27.4 Å². The molecule has 0 aromatic heterocycles. The van der Waals surface area contributed by atoms with Gasteiger partial charge < -0.3 is 5.32 Å². The quantitative estimate of drug-likeness (QED) is 0.378. The number of benzene rings is 2. The molecule has 1 N–H and O–H groups in total. The molecule has 2 aromatic carbocycles. The van der Waals surface area contributed by atoms with Gasteiger partial charge in [0.15, 0.2) is 6.29 Å². The molecule has 0 aliphatic rings. The summed E-state index contributed by atoms with van der Waals surface area (Å²) < 4.78 is 62.8. The number of rotatable bonds is 8. The number of halogens is 3. The van der Waals surface area contributed by atoms with Crippen molar-refractivity contribution in [3.05, 3.63) is 69.8 Å². The van der Waals surface area contributed by atoms with Crippen LogP contribution in [0.5, 0.6) is 0 Å². The maximum absolute atomic E-state index is 13.0. The Morgan fingerprint density at radius 3 is 2.33 bits per heavy atom. The van der Waals surface area contributed by atoms with Crippen LogP contribution >= 0.6 is 0 Å². The topological polar surface area (TPSA) is 127 Å². The van der Waals surface area contributed by atoms with Gasteiger partial charge in [-0.2, -0.15) is 17.5 Å². The molecule has 0 fully saturated rings. The molecule has 2 rings (SSSR count). The number of carbonyl (C=O) groups is 2. The highest BCUT2D eigenvalue weighted by molar-refractivity contribution is 7.90. The number of non-ortho nitro benzene ring substituents is 1. The van der Waals surface area contributed by atoms with Crippen molar-refractivity contribution in [2.75, 3.05) is 11.9 Å². The number of nitrogens with zero attached hydrogens (tertiary/aromatic N) is 2. The Balaban J connectivity index is 2.32. The molecule has 0 spiro atoms. The fourth-order valence-electron chi connectivity index (χ4n) is 2.38. The van der Waals surface area contributed by atoms with E-state index in [1.807, 2.05) is 5.32 Å². The van der Waals surface area contributed by atoms with Crippen LogP contribution in [0.3, 0.4) is 0 Å². The Morgan fingerprint density at radius 1 is 1.17 bits per heavy atom. The second-order valence-corrected chi connectivity index (χ2v) is 7.83. The molecule has 1 amide bonds. The zero-order valence-corrected chi connectivity index (χ0v) is 15.8. The van der Waals surface area contributed by atoms with Crippen molar-refractivity contribution < 1.29 is 36.1 Å². The first-order valence-electron chi connectivity index (χ1n) is 8.09. The average molecular weight is 445 g/mol. The number of nitro benzene ring substituents is 1. The lowest BCUT2D eigenvalue weighted by molar-refractivity contribution is -0.384. The van der Waals surface area contributed by atoms with Gasteiger partial charge in [-0.1, -0.05) is 30.3 Å². The van der Waals surface area contributed by atoms with Crippen LogP contribution in [0, 0.1) is 10.1 Å². The Hall–Kier alpha value is -3.32. The Bertz CT molecular complexity index is 1060. The average Bonchev–Trinajstić information content (AvgIpc) is 2.67. The smallest absolute Gasteiger partial charge is 0.324 e.